The van der Waals surface area contributed by atoms with E-state index in [1.807, 2.05) is 0 Å². The van der Waals surface area contributed by atoms with Crippen molar-refractivity contribution >= 4 is 6.08 Å². The van der Waals surface area contributed by atoms with Crippen molar-refractivity contribution in [1.82, 2.24) is 0 Å². The van der Waals surface area contributed by atoms with E-state index in [0.29, 0.717) is 18.4 Å². The molecule has 1 saturated carbocycles. The molecule has 0 aliphatic heterocycles. The van der Waals surface area contributed by atoms with Crippen molar-refractivity contribution in [1.29, 1.82) is 0 Å². The molecule has 0 N–H and O–H groups in total. The van der Waals surface area contributed by atoms with E-state index in [0.717, 1.165) is 18.9 Å². The summed E-state index contributed by atoms with van der Waals surface area (Å²) in [5.41, 5.74) is -0.0827. The van der Waals surface area contributed by atoms with Crippen LogP contribution in [0.5, 0.6) is 0 Å². The first-order chi connectivity index (χ1) is 8.09. The Kier molecular flexibility index (Phi) is 3.07. The minimum atomic E-state index is -0.904. The Morgan fingerprint density at radius 2 is 1.94 bits per heavy atom. The topological polar surface area (TPSA) is 29.4 Å². The van der Waals surface area contributed by atoms with Gasteiger partial charge in [0.1, 0.15) is 5.54 Å². The Bertz CT molecular complexity index is 486. The van der Waals surface area contributed by atoms with E-state index in [2.05, 4.69) is 4.99 Å². The zero-order valence-electron chi connectivity index (χ0n) is 9.59. The van der Waals surface area contributed by atoms with Crippen molar-refractivity contribution in [3.8, 4) is 0 Å². The van der Waals surface area contributed by atoms with Gasteiger partial charge in [-0.15, -0.1) is 0 Å². The molecule has 1 aromatic rings. The van der Waals surface area contributed by atoms with Gasteiger partial charge >= 0.3 is 0 Å². The molecular weight excluding hydrogens is 224 g/mol. The number of rotatable bonds is 2. The normalized spacial score (nSPS) is 17.8. The summed E-state index contributed by atoms with van der Waals surface area (Å²) in [6.07, 6.45) is 4.37. The first kappa shape index (κ1) is 11.9. The van der Waals surface area contributed by atoms with Crippen LogP contribution in [0.4, 0.5) is 8.78 Å². The number of carbonyl (C=O) groups excluding carboxylic acids is 1. The van der Waals surface area contributed by atoms with Gasteiger partial charge in [-0.05, 0) is 31.4 Å². The number of halogens is 2. The third-order valence-electron chi connectivity index (χ3n) is 3.36. The second-order valence-corrected chi connectivity index (χ2v) is 4.55. The van der Waals surface area contributed by atoms with E-state index in [4.69, 9.17) is 0 Å². The fourth-order valence-corrected chi connectivity index (χ4v) is 2.55. The Balaban J connectivity index is 2.61. The van der Waals surface area contributed by atoms with Gasteiger partial charge in [-0.1, -0.05) is 18.9 Å². The molecule has 0 radical (unpaired) electrons. The maximum absolute atomic E-state index is 13.8. The fourth-order valence-electron chi connectivity index (χ4n) is 2.55. The van der Waals surface area contributed by atoms with Crippen LogP contribution >= 0.6 is 0 Å². The summed E-state index contributed by atoms with van der Waals surface area (Å²) in [5.74, 6) is -1.77. The molecule has 1 aromatic carbocycles. The molecule has 1 aliphatic carbocycles. The van der Waals surface area contributed by atoms with E-state index in [1.165, 1.54) is 6.08 Å². The Hall–Kier alpha value is -1.54. The molecule has 2 rings (SSSR count). The molecule has 1 fully saturated rings. The molecule has 0 amide bonds. The summed E-state index contributed by atoms with van der Waals surface area (Å²) in [6.45, 7) is 1.69. The summed E-state index contributed by atoms with van der Waals surface area (Å²) in [4.78, 5) is 14.3. The second kappa shape index (κ2) is 4.38. The molecule has 0 unspecified atom stereocenters. The molecule has 0 heterocycles. The van der Waals surface area contributed by atoms with E-state index < -0.39 is 17.2 Å². The lowest BCUT2D eigenvalue weighted by atomic mass is 9.87. The van der Waals surface area contributed by atoms with Crippen LogP contribution in [-0.4, -0.2) is 6.08 Å². The third kappa shape index (κ3) is 2.01. The molecule has 2 nitrogen and oxygen atoms in total. The van der Waals surface area contributed by atoms with Gasteiger partial charge in [-0.2, -0.15) is 4.99 Å². The lowest BCUT2D eigenvalue weighted by Gasteiger charge is -2.23. The average molecular weight is 237 g/mol. The quantitative estimate of drug-likeness (QED) is 0.572. The van der Waals surface area contributed by atoms with Crippen LogP contribution in [0.25, 0.3) is 0 Å². The molecule has 17 heavy (non-hydrogen) atoms. The number of aliphatic imine (C=N–C) groups is 1. The first-order valence-electron chi connectivity index (χ1n) is 5.64. The van der Waals surface area contributed by atoms with Crippen molar-refractivity contribution in [2.75, 3.05) is 0 Å². The van der Waals surface area contributed by atoms with E-state index >= 15 is 0 Å². The van der Waals surface area contributed by atoms with E-state index in [9.17, 15) is 13.6 Å². The van der Waals surface area contributed by atoms with Crippen molar-refractivity contribution < 1.29 is 13.6 Å². The zero-order chi connectivity index (χ0) is 12.5. The number of aryl methyl sites for hydroxylation is 1. The van der Waals surface area contributed by atoms with Crippen molar-refractivity contribution in [2.45, 2.75) is 38.1 Å². The minimum Gasteiger partial charge on any atom is -0.211 e. The third-order valence-corrected chi connectivity index (χ3v) is 3.36. The zero-order valence-corrected chi connectivity index (χ0v) is 9.59. The lowest BCUT2D eigenvalue weighted by Crippen LogP contribution is -2.21. The highest BCUT2D eigenvalue weighted by Gasteiger charge is 2.38. The maximum Gasteiger partial charge on any atom is 0.235 e. The highest BCUT2D eigenvalue weighted by molar-refractivity contribution is 5.40. The molecular formula is C13H13F2NO. The van der Waals surface area contributed by atoms with Crippen molar-refractivity contribution in [3.63, 3.8) is 0 Å². The van der Waals surface area contributed by atoms with E-state index in [1.54, 1.807) is 13.0 Å². The lowest BCUT2D eigenvalue weighted by molar-refractivity contribution is 0.411. The monoisotopic (exact) mass is 237 g/mol. The Labute approximate surface area is 98.4 Å². The van der Waals surface area contributed by atoms with Crippen LogP contribution in [0.1, 0.15) is 36.8 Å². The molecule has 90 valence electrons. The highest BCUT2D eigenvalue weighted by atomic mass is 19.2. The molecule has 1 aliphatic rings. The molecule has 4 heteroatoms. The number of isocyanates is 1. The number of hydrogen-bond acceptors (Lipinski definition) is 2. The SMILES string of the molecule is Cc1cc(F)c(F)c(C2(N=C=O)CCCC2)c1. The average Bonchev–Trinajstić information content (AvgIpc) is 2.73. The minimum absolute atomic E-state index is 0.191. The molecule has 0 atom stereocenters. The Morgan fingerprint density at radius 3 is 2.53 bits per heavy atom. The van der Waals surface area contributed by atoms with Gasteiger partial charge in [0.15, 0.2) is 11.6 Å². The standard InChI is InChI=1S/C13H13F2NO/c1-9-6-10(12(15)11(14)7-9)13(16-8-17)4-2-3-5-13/h6-7H,2-5H2,1H3. The predicted octanol–water partition coefficient (Wildman–Crippen LogP) is 3.38. The van der Waals surface area contributed by atoms with Gasteiger partial charge in [-0.25, -0.2) is 13.6 Å². The first-order valence-corrected chi connectivity index (χ1v) is 5.64. The number of hydrogen-bond donors (Lipinski definition) is 0. The molecule has 0 spiro atoms. The van der Waals surface area contributed by atoms with Gasteiger partial charge in [-0.3, -0.25) is 0 Å². The van der Waals surface area contributed by atoms with Crippen molar-refractivity contribution in [2.24, 2.45) is 4.99 Å². The molecule has 0 saturated heterocycles. The summed E-state index contributed by atoms with van der Waals surface area (Å²) in [6, 6.07) is 2.72. The van der Waals surface area contributed by atoms with Gasteiger partial charge in [0.2, 0.25) is 6.08 Å². The van der Waals surface area contributed by atoms with Gasteiger partial charge in [0.05, 0.1) is 0 Å². The Morgan fingerprint density at radius 1 is 1.29 bits per heavy atom. The predicted molar refractivity (Wildman–Crippen MR) is 59.4 cm³/mol. The van der Waals surface area contributed by atoms with Gasteiger partial charge < -0.3 is 0 Å². The highest BCUT2D eigenvalue weighted by Crippen LogP contribution is 2.43. The number of nitrogens with zero attached hydrogens (tertiary/aromatic N) is 1. The summed E-state index contributed by atoms with van der Waals surface area (Å²) in [5, 5.41) is 0. The van der Waals surface area contributed by atoms with E-state index in [-0.39, 0.29) is 5.56 Å². The van der Waals surface area contributed by atoms with Crippen molar-refractivity contribution in [3.05, 3.63) is 34.9 Å². The van der Waals surface area contributed by atoms with Crippen LogP contribution < -0.4 is 0 Å². The second-order valence-electron chi connectivity index (χ2n) is 4.55. The summed E-state index contributed by atoms with van der Waals surface area (Å²) in [7, 11) is 0. The summed E-state index contributed by atoms with van der Waals surface area (Å²) < 4.78 is 27.2. The fraction of sp³-hybridized carbons (Fsp3) is 0.462. The van der Waals surface area contributed by atoms with Crippen LogP contribution in [0.2, 0.25) is 0 Å². The van der Waals surface area contributed by atoms with Crippen LogP contribution in [0.3, 0.4) is 0 Å². The smallest absolute Gasteiger partial charge is 0.211 e. The van der Waals surface area contributed by atoms with Gasteiger partial charge in [0, 0.05) is 5.56 Å². The van der Waals surface area contributed by atoms with Crippen LogP contribution in [0, 0.1) is 18.6 Å². The molecule has 0 aromatic heterocycles. The van der Waals surface area contributed by atoms with Gasteiger partial charge in [0.25, 0.3) is 0 Å². The maximum atomic E-state index is 13.8. The largest absolute Gasteiger partial charge is 0.235 e. The van der Waals surface area contributed by atoms with Crippen LogP contribution in [-0.2, 0) is 10.3 Å². The van der Waals surface area contributed by atoms with Crippen LogP contribution in [0.15, 0.2) is 17.1 Å². The molecule has 0 bridgehead atoms. The summed E-state index contributed by atoms with van der Waals surface area (Å²) >= 11 is 0. The number of benzene rings is 1.